The number of benzene rings is 1. The molecule has 1 atom stereocenters. The second kappa shape index (κ2) is 3.83. The summed E-state index contributed by atoms with van der Waals surface area (Å²) < 4.78 is 5.16. The molecule has 2 heterocycles. The maximum Gasteiger partial charge on any atom is 0.308 e. The molecule has 92 valence electrons. The highest BCUT2D eigenvalue weighted by Gasteiger charge is 2.36. The molecule has 6 heteroatoms. The minimum Gasteiger partial charge on any atom is -0.481 e. The second-order valence-electron chi connectivity index (χ2n) is 4.22. The van der Waals surface area contributed by atoms with E-state index >= 15 is 0 Å². The van der Waals surface area contributed by atoms with Crippen molar-refractivity contribution >= 4 is 28.7 Å². The van der Waals surface area contributed by atoms with Crippen LogP contribution in [0.4, 0.5) is 5.69 Å². The quantitative estimate of drug-likeness (QED) is 0.862. The first kappa shape index (κ1) is 10.8. The monoisotopic (exact) mass is 246 g/mol. The number of carboxylic acids is 1. The summed E-state index contributed by atoms with van der Waals surface area (Å²) >= 11 is 0. The van der Waals surface area contributed by atoms with E-state index in [9.17, 15) is 9.59 Å². The number of aromatic nitrogens is 1. The molecule has 0 bridgehead atoms. The molecule has 0 spiro atoms. The Kier molecular flexibility index (Phi) is 2.29. The van der Waals surface area contributed by atoms with E-state index < -0.39 is 11.9 Å². The Morgan fingerprint density at radius 2 is 2.33 bits per heavy atom. The zero-order valence-corrected chi connectivity index (χ0v) is 9.37. The van der Waals surface area contributed by atoms with Crippen molar-refractivity contribution in [1.29, 1.82) is 0 Å². The molecule has 2 aromatic rings. The van der Waals surface area contributed by atoms with Crippen LogP contribution in [0.25, 0.3) is 11.1 Å². The number of amides is 1. The summed E-state index contributed by atoms with van der Waals surface area (Å²) in [7, 11) is 0. The van der Waals surface area contributed by atoms with Crippen LogP contribution >= 0.6 is 0 Å². The lowest BCUT2D eigenvalue weighted by Gasteiger charge is -2.15. The molecule has 1 N–H and O–H groups in total. The molecule has 18 heavy (non-hydrogen) atoms. The fraction of sp³-hybridized carbons (Fsp3) is 0.250. The molecule has 1 aromatic heterocycles. The maximum absolute atomic E-state index is 11.9. The number of rotatable bonds is 2. The van der Waals surface area contributed by atoms with Gasteiger partial charge in [-0.05, 0) is 12.1 Å². The third-order valence-corrected chi connectivity index (χ3v) is 3.10. The van der Waals surface area contributed by atoms with Crippen LogP contribution in [0.2, 0.25) is 0 Å². The minimum absolute atomic E-state index is 0.0313. The molecule has 1 fully saturated rings. The molecule has 3 rings (SSSR count). The predicted molar refractivity (Wildman–Crippen MR) is 62.1 cm³/mol. The van der Waals surface area contributed by atoms with Gasteiger partial charge in [-0.3, -0.25) is 9.59 Å². The van der Waals surface area contributed by atoms with Crippen LogP contribution in [0.5, 0.6) is 0 Å². The molecule has 1 saturated heterocycles. The van der Waals surface area contributed by atoms with Gasteiger partial charge in [0.15, 0.2) is 12.0 Å². The van der Waals surface area contributed by atoms with Crippen LogP contribution < -0.4 is 4.90 Å². The Morgan fingerprint density at radius 3 is 3.06 bits per heavy atom. The van der Waals surface area contributed by atoms with Crippen LogP contribution in [0.3, 0.4) is 0 Å². The van der Waals surface area contributed by atoms with Gasteiger partial charge in [0.25, 0.3) is 0 Å². The summed E-state index contributed by atoms with van der Waals surface area (Å²) in [5, 5.41) is 8.96. The fourth-order valence-corrected chi connectivity index (χ4v) is 2.20. The molecule has 1 amide bonds. The summed E-state index contributed by atoms with van der Waals surface area (Å²) in [6, 6.07) is 5.25. The van der Waals surface area contributed by atoms with Gasteiger partial charge in [-0.2, -0.15) is 0 Å². The van der Waals surface area contributed by atoms with Gasteiger partial charge in [0.1, 0.15) is 5.52 Å². The number of oxazole rings is 1. The topological polar surface area (TPSA) is 83.6 Å². The Morgan fingerprint density at radius 1 is 1.50 bits per heavy atom. The first-order valence-corrected chi connectivity index (χ1v) is 5.52. The summed E-state index contributed by atoms with van der Waals surface area (Å²) in [6.07, 6.45) is 1.34. The van der Waals surface area contributed by atoms with Gasteiger partial charge in [0.05, 0.1) is 11.6 Å². The zero-order valence-electron chi connectivity index (χ0n) is 9.37. The van der Waals surface area contributed by atoms with E-state index in [4.69, 9.17) is 9.52 Å². The lowest BCUT2D eigenvalue weighted by atomic mass is 10.1. The van der Waals surface area contributed by atoms with Gasteiger partial charge in [0, 0.05) is 13.0 Å². The van der Waals surface area contributed by atoms with Crippen LogP contribution in [-0.4, -0.2) is 28.5 Å². The number of fused-ring (bicyclic) bond motifs is 1. The number of carbonyl (C=O) groups is 2. The van der Waals surface area contributed by atoms with Gasteiger partial charge >= 0.3 is 5.97 Å². The summed E-state index contributed by atoms with van der Waals surface area (Å²) in [5.41, 5.74) is 1.77. The standard InChI is InChI=1S/C12H10N2O4/c15-10-4-7(12(16)17)5-14(10)8-2-1-3-9-11(8)13-6-18-9/h1-3,6-7H,4-5H2,(H,16,17). The predicted octanol–water partition coefficient (Wildman–Crippen LogP) is 1.27. The van der Waals surface area contributed by atoms with E-state index in [2.05, 4.69) is 4.98 Å². The molecule has 0 aliphatic carbocycles. The number of anilines is 1. The average Bonchev–Trinajstić information content (AvgIpc) is 2.94. The summed E-state index contributed by atoms with van der Waals surface area (Å²) in [4.78, 5) is 28.3. The normalized spacial score (nSPS) is 19.7. The average molecular weight is 246 g/mol. The van der Waals surface area contributed by atoms with E-state index in [1.807, 2.05) is 0 Å². The number of carbonyl (C=O) groups excluding carboxylic acids is 1. The molecule has 6 nitrogen and oxygen atoms in total. The molecule has 0 saturated carbocycles. The molecule has 1 aromatic carbocycles. The number of aliphatic carboxylic acids is 1. The molecule has 0 radical (unpaired) electrons. The van der Waals surface area contributed by atoms with Crippen molar-refractivity contribution in [3.8, 4) is 0 Å². The van der Waals surface area contributed by atoms with Crippen molar-refractivity contribution in [3.05, 3.63) is 24.6 Å². The Bertz CT molecular complexity index is 634. The van der Waals surface area contributed by atoms with Gasteiger partial charge in [0.2, 0.25) is 5.91 Å². The highest BCUT2D eigenvalue weighted by Crippen LogP contribution is 2.30. The number of carboxylic acid groups (broad SMARTS) is 1. The Balaban J connectivity index is 2.03. The third kappa shape index (κ3) is 1.54. The van der Waals surface area contributed by atoms with Crippen molar-refractivity contribution in [1.82, 2.24) is 4.98 Å². The number of hydrogen-bond donors (Lipinski definition) is 1. The zero-order chi connectivity index (χ0) is 12.7. The maximum atomic E-state index is 11.9. The van der Waals surface area contributed by atoms with E-state index in [0.717, 1.165) is 0 Å². The Hall–Kier alpha value is -2.37. The summed E-state index contributed by atoms with van der Waals surface area (Å²) in [6.45, 7) is 0.181. The third-order valence-electron chi connectivity index (χ3n) is 3.10. The number of hydrogen-bond acceptors (Lipinski definition) is 4. The summed E-state index contributed by atoms with van der Waals surface area (Å²) in [5.74, 6) is -1.80. The smallest absolute Gasteiger partial charge is 0.308 e. The lowest BCUT2D eigenvalue weighted by molar-refractivity contribution is -0.141. The highest BCUT2D eigenvalue weighted by atomic mass is 16.4. The molecular weight excluding hydrogens is 236 g/mol. The fourth-order valence-electron chi connectivity index (χ4n) is 2.20. The van der Waals surface area contributed by atoms with E-state index in [0.29, 0.717) is 16.8 Å². The molecule has 1 aliphatic heterocycles. The van der Waals surface area contributed by atoms with Gasteiger partial charge < -0.3 is 14.4 Å². The first-order chi connectivity index (χ1) is 8.66. The molecule has 1 aliphatic rings. The van der Waals surface area contributed by atoms with Crippen LogP contribution in [0.15, 0.2) is 29.0 Å². The van der Waals surface area contributed by atoms with E-state index in [1.165, 1.54) is 11.3 Å². The largest absolute Gasteiger partial charge is 0.481 e. The van der Waals surface area contributed by atoms with Crippen LogP contribution in [0, 0.1) is 5.92 Å². The van der Waals surface area contributed by atoms with Crippen molar-refractivity contribution in [3.63, 3.8) is 0 Å². The SMILES string of the molecule is O=C(O)C1CC(=O)N(c2cccc3ocnc23)C1. The van der Waals surface area contributed by atoms with E-state index in [-0.39, 0.29) is 18.9 Å². The Labute approximate surface area is 102 Å². The molecule has 1 unspecified atom stereocenters. The minimum atomic E-state index is -0.946. The number of para-hydroxylation sites is 1. The van der Waals surface area contributed by atoms with Crippen molar-refractivity contribution in [2.75, 3.05) is 11.4 Å². The van der Waals surface area contributed by atoms with Crippen LogP contribution in [0.1, 0.15) is 6.42 Å². The van der Waals surface area contributed by atoms with Crippen molar-refractivity contribution in [2.45, 2.75) is 6.42 Å². The van der Waals surface area contributed by atoms with E-state index in [1.54, 1.807) is 18.2 Å². The molecular formula is C12H10N2O4. The van der Waals surface area contributed by atoms with Crippen LogP contribution in [-0.2, 0) is 9.59 Å². The highest BCUT2D eigenvalue weighted by molar-refractivity contribution is 6.04. The van der Waals surface area contributed by atoms with Gasteiger partial charge in [-0.15, -0.1) is 0 Å². The lowest BCUT2D eigenvalue weighted by Crippen LogP contribution is -2.25. The van der Waals surface area contributed by atoms with Gasteiger partial charge in [-0.1, -0.05) is 6.07 Å². The first-order valence-electron chi connectivity index (χ1n) is 5.52. The van der Waals surface area contributed by atoms with Gasteiger partial charge in [-0.25, -0.2) is 4.98 Å². The van der Waals surface area contributed by atoms with Crippen molar-refractivity contribution in [2.24, 2.45) is 5.92 Å². The second-order valence-corrected chi connectivity index (χ2v) is 4.22. The number of nitrogens with zero attached hydrogens (tertiary/aromatic N) is 2. The van der Waals surface area contributed by atoms with Crippen molar-refractivity contribution < 1.29 is 19.1 Å².